The zero-order chi connectivity index (χ0) is 30.3. The number of hydrogen-bond donors (Lipinski definition) is 1. The van der Waals surface area contributed by atoms with Crippen LogP contribution in [0.2, 0.25) is 36.3 Å². The Labute approximate surface area is 238 Å². The molecular formula is C25H43N5O7SSi2. The molecular weight excluding hydrogens is 571 g/mol. The van der Waals surface area contributed by atoms with Crippen LogP contribution >= 0.6 is 0 Å². The van der Waals surface area contributed by atoms with Gasteiger partial charge in [-0.1, -0.05) is 41.5 Å². The lowest BCUT2D eigenvalue weighted by Crippen LogP contribution is -2.59. The highest BCUT2D eigenvalue weighted by atomic mass is 32.2. The van der Waals surface area contributed by atoms with Gasteiger partial charge >= 0.3 is 0 Å². The third-order valence-electron chi connectivity index (χ3n) is 8.99. The molecule has 1 fully saturated rings. The first-order valence-electron chi connectivity index (χ1n) is 13.3. The Hall–Kier alpha value is -1.89. The quantitative estimate of drug-likeness (QED) is 0.380. The molecule has 4 rings (SSSR count). The maximum Gasteiger partial charge on any atom is 0.292 e. The first kappa shape index (κ1) is 31.1. The fourth-order valence-electron chi connectivity index (χ4n) is 4.42. The highest BCUT2D eigenvalue weighted by Crippen LogP contribution is 2.52. The van der Waals surface area contributed by atoms with Crippen molar-refractivity contribution in [3.63, 3.8) is 0 Å². The summed E-state index contributed by atoms with van der Waals surface area (Å²) in [6.45, 7) is 20.9. The van der Waals surface area contributed by atoms with Gasteiger partial charge in [-0.05, 0) is 36.3 Å². The van der Waals surface area contributed by atoms with Crippen LogP contribution in [0.5, 0.6) is 0 Å². The summed E-state index contributed by atoms with van der Waals surface area (Å²) in [4.78, 5) is 21.8. The number of ether oxygens (including phenoxy) is 1. The maximum atomic E-state index is 13.2. The van der Waals surface area contributed by atoms with Gasteiger partial charge in [0.15, 0.2) is 39.6 Å². The second-order valence-electron chi connectivity index (χ2n) is 13.8. The average Bonchev–Trinajstić information content (AvgIpc) is 3.40. The van der Waals surface area contributed by atoms with Gasteiger partial charge in [-0.15, -0.1) is 0 Å². The molecule has 12 nitrogen and oxygen atoms in total. The summed E-state index contributed by atoms with van der Waals surface area (Å²) < 4.78 is 54.7. The van der Waals surface area contributed by atoms with Crippen LogP contribution in [0.15, 0.2) is 28.6 Å². The van der Waals surface area contributed by atoms with E-state index in [9.17, 15) is 13.2 Å². The lowest BCUT2D eigenvalue weighted by atomic mass is 9.89. The standard InChI is InChI=1S/C25H43N5O7SSi2/c1-23(2,3)39(8,9)34-12-17-25(16(26)13-38(32,33)37-25)19(36-40(10,11)24(4,5)6)22(35-17)30-15-28-20-18(30)21(31)29(7)14-27-20/h13-15,17,19,22H,12,26H2,1-11H3. The van der Waals surface area contributed by atoms with Gasteiger partial charge in [-0.2, -0.15) is 8.42 Å². The second-order valence-corrected chi connectivity index (χ2v) is 24.8. The normalized spacial score (nSPS) is 27.6. The third-order valence-corrected chi connectivity index (χ3v) is 19.0. The molecule has 0 radical (unpaired) electrons. The number of nitrogens with two attached hydrogens (primary N) is 1. The Morgan fingerprint density at radius 1 is 1.05 bits per heavy atom. The molecule has 0 aromatic carbocycles. The molecule has 2 aromatic rings. The van der Waals surface area contributed by atoms with Crippen LogP contribution in [-0.2, 0) is 34.9 Å². The van der Waals surface area contributed by atoms with Crippen molar-refractivity contribution >= 4 is 37.9 Å². The van der Waals surface area contributed by atoms with Crippen molar-refractivity contribution in [3.05, 3.63) is 34.1 Å². The number of aromatic nitrogens is 4. The highest BCUT2D eigenvalue weighted by Gasteiger charge is 2.67. The summed E-state index contributed by atoms with van der Waals surface area (Å²) in [5, 5.41) is 0.559. The van der Waals surface area contributed by atoms with E-state index in [0.717, 1.165) is 5.41 Å². The van der Waals surface area contributed by atoms with Gasteiger partial charge in [0.1, 0.15) is 18.5 Å². The van der Waals surface area contributed by atoms with Crippen LogP contribution in [0.4, 0.5) is 0 Å². The molecule has 2 aromatic heterocycles. The van der Waals surface area contributed by atoms with E-state index in [2.05, 4.69) is 64.6 Å². The Morgan fingerprint density at radius 3 is 2.15 bits per heavy atom. The second kappa shape index (κ2) is 9.57. The molecule has 2 N–H and O–H groups in total. The van der Waals surface area contributed by atoms with Crippen LogP contribution in [0.25, 0.3) is 11.2 Å². The van der Waals surface area contributed by atoms with E-state index in [1.165, 1.54) is 17.2 Å². The first-order valence-corrected chi connectivity index (χ1v) is 20.6. The van der Waals surface area contributed by atoms with E-state index in [1.807, 2.05) is 13.1 Å². The monoisotopic (exact) mass is 613 g/mol. The Kier molecular flexibility index (Phi) is 7.43. The SMILES string of the molecule is Cn1cnc2ncn(C3OC(CO[Si](C)(C)C(C)(C)C)C4(OS(=O)(=O)C=C4N)C3O[Si](C)(C)C(C)(C)C)c2c1=O. The molecule has 2 aliphatic rings. The van der Waals surface area contributed by atoms with Crippen molar-refractivity contribution in [2.45, 2.75) is 102 Å². The fraction of sp³-hybridized carbons (Fsp3) is 0.720. The zero-order valence-corrected chi connectivity index (χ0v) is 28.1. The number of fused-ring (bicyclic) bond motifs is 1. The maximum absolute atomic E-state index is 13.2. The predicted molar refractivity (Wildman–Crippen MR) is 157 cm³/mol. The topological polar surface area (TPSA) is 150 Å². The number of aryl methyl sites for hydroxylation is 1. The summed E-state index contributed by atoms with van der Waals surface area (Å²) in [6, 6.07) is 0. The Balaban J connectivity index is 1.93. The largest absolute Gasteiger partial charge is 0.414 e. The van der Waals surface area contributed by atoms with Crippen LogP contribution < -0.4 is 11.3 Å². The van der Waals surface area contributed by atoms with Crippen LogP contribution in [0.1, 0.15) is 47.8 Å². The minimum Gasteiger partial charge on any atom is -0.414 e. The van der Waals surface area contributed by atoms with E-state index in [1.54, 1.807) is 11.6 Å². The van der Waals surface area contributed by atoms with Gasteiger partial charge < -0.3 is 23.9 Å². The molecule has 0 saturated carbocycles. The third kappa shape index (κ3) is 5.03. The molecule has 4 atom stereocenters. The van der Waals surface area contributed by atoms with Crippen molar-refractivity contribution in [3.8, 4) is 0 Å². The summed E-state index contributed by atoms with van der Waals surface area (Å²) >= 11 is 0. The van der Waals surface area contributed by atoms with E-state index in [4.69, 9.17) is 23.5 Å². The summed E-state index contributed by atoms with van der Waals surface area (Å²) in [5.41, 5.74) is 4.88. The van der Waals surface area contributed by atoms with E-state index in [-0.39, 0.29) is 39.1 Å². The van der Waals surface area contributed by atoms with Crippen LogP contribution in [0.3, 0.4) is 0 Å². The van der Waals surface area contributed by atoms with Crippen molar-refractivity contribution < 1.29 is 26.2 Å². The van der Waals surface area contributed by atoms with Crippen molar-refractivity contribution in [1.29, 1.82) is 0 Å². The van der Waals surface area contributed by atoms with Gasteiger partial charge in [0.2, 0.25) is 0 Å². The summed E-state index contributed by atoms with van der Waals surface area (Å²) in [7, 11) is -7.47. The molecule has 1 saturated heterocycles. The van der Waals surface area contributed by atoms with E-state index < -0.39 is 50.8 Å². The van der Waals surface area contributed by atoms with Crippen molar-refractivity contribution in [2.24, 2.45) is 12.8 Å². The zero-order valence-electron chi connectivity index (χ0n) is 25.3. The summed E-state index contributed by atoms with van der Waals surface area (Å²) in [6.07, 6.45) is -0.166. The van der Waals surface area contributed by atoms with Gasteiger partial charge in [-0.3, -0.25) is 9.36 Å². The average molecular weight is 614 g/mol. The molecule has 40 heavy (non-hydrogen) atoms. The molecule has 1 spiro atoms. The predicted octanol–water partition coefficient (Wildman–Crippen LogP) is 3.34. The smallest absolute Gasteiger partial charge is 0.292 e. The van der Waals surface area contributed by atoms with Gasteiger partial charge in [0.25, 0.3) is 15.7 Å². The number of hydrogen-bond acceptors (Lipinski definition) is 10. The lowest BCUT2D eigenvalue weighted by Gasteiger charge is -2.43. The minimum atomic E-state index is -4.15. The fourth-order valence-corrected chi connectivity index (χ4v) is 7.93. The Morgan fingerprint density at radius 2 is 1.62 bits per heavy atom. The molecule has 4 unspecified atom stereocenters. The molecule has 2 aliphatic heterocycles. The van der Waals surface area contributed by atoms with Crippen LogP contribution in [0, 0.1) is 0 Å². The van der Waals surface area contributed by atoms with E-state index in [0.29, 0.717) is 0 Å². The number of rotatable bonds is 6. The molecule has 0 bridgehead atoms. The number of nitrogens with zero attached hydrogens (tertiary/aromatic N) is 4. The molecule has 0 amide bonds. The van der Waals surface area contributed by atoms with Crippen molar-refractivity contribution in [2.75, 3.05) is 6.61 Å². The first-order chi connectivity index (χ1) is 18.0. The lowest BCUT2D eigenvalue weighted by molar-refractivity contribution is -0.0534. The molecule has 4 heterocycles. The Bertz CT molecular complexity index is 1500. The molecule has 0 aliphatic carbocycles. The molecule has 15 heteroatoms. The van der Waals surface area contributed by atoms with Gasteiger partial charge in [0, 0.05) is 7.05 Å². The van der Waals surface area contributed by atoms with Gasteiger partial charge in [0.05, 0.1) is 24.0 Å². The van der Waals surface area contributed by atoms with Gasteiger partial charge in [-0.25, -0.2) is 14.2 Å². The van der Waals surface area contributed by atoms with E-state index >= 15 is 0 Å². The summed E-state index contributed by atoms with van der Waals surface area (Å²) in [5.74, 6) is 0. The number of imidazole rings is 1. The molecule has 224 valence electrons. The minimum absolute atomic E-state index is 0.0112. The van der Waals surface area contributed by atoms with Crippen LogP contribution in [-0.4, -0.2) is 68.6 Å². The highest BCUT2D eigenvalue weighted by molar-refractivity contribution is 7.90. The van der Waals surface area contributed by atoms with Crippen molar-refractivity contribution in [1.82, 2.24) is 19.1 Å².